The Morgan fingerprint density at radius 2 is 1.58 bits per heavy atom. The second-order valence-corrected chi connectivity index (χ2v) is 7.94. The molecule has 0 N–H and O–H groups in total. The number of carbonyl (C=O) groups excluding carboxylic acids is 2. The van der Waals surface area contributed by atoms with Gasteiger partial charge in [0.1, 0.15) is 5.70 Å². The summed E-state index contributed by atoms with van der Waals surface area (Å²) in [7, 11) is 0. The fraction of sp³-hybridized carbons (Fsp3) is 0.333. The molecule has 0 aromatic heterocycles. The molecule has 0 saturated carbocycles. The number of unbranched alkanes of at least 4 members (excludes halogenated alkanes) is 1. The van der Waals surface area contributed by atoms with Gasteiger partial charge >= 0.3 is 0 Å². The highest BCUT2D eigenvalue weighted by molar-refractivity contribution is 6.45. The van der Waals surface area contributed by atoms with Crippen molar-refractivity contribution in [2.45, 2.75) is 39.0 Å². The van der Waals surface area contributed by atoms with Gasteiger partial charge in [-0.1, -0.05) is 25.5 Å². The SMILES string of the molecule is CCCCc1ccc(N2C(=O)C(c3ccc([N+](=O)[O-])cc3)=C(N3CCCC3)C2=O)cc1. The van der Waals surface area contributed by atoms with Crippen LogP contribution in [-0.2, 0) is 16.0 Å². The number of aryl methyl sites for hydroxylation is 1. The van der Waals surface area contributed by atoms with Crippen molar-refractivity contribution in [1.29, 1.82) is 0 Å². The molecule has 0 radical (unpaired) electrons. The predicted octanol–water partition coefficient (Wildman–Crippen LogP) is 4.32. The van der Waals surface area contributed by atoms with Gasteiger partial charge in [-0.2, -0.15) is 0 Å². The first-order valence-electron chi connectivity index (χ1n) is 10.7. The van der Waals surface area contributed by atoms with E-state index < -0.39 is 4.92 Å². The number of nitro groups is 1. The maximum atomic E-state index is 13.4. The number of benzene rings is 2. The highest BCUT2D eigenvalue weighted by atomic mass is 16.6. The van der Waals surface area contributed by atoms with Crippen molar-refractivity contribution in [1.82, 2.24) is 4.90 Å². The molecule has 0 unspecified atom stereocenters. The molecule has 0 spiro atoms. The molecule has 2 heterocycles. The Morgan fingerprint density at radius 3 is 2.16 bits per heavy atom. The lowest BCUT2D eigenvalue weighted by atomic mass is 10.0. The average molecular weight is 419 g/mol. The van der Waals surface area contributed by atoms with E-state index in [0.717, 1.165) is 32.1 Å². The van der Waals surface area contributed by atoms with Gasteiger partial charge in [0.15, 0.2) is 0 Å². The Balaban J connectivity index is 1.71. The van der Waals surface area contributed by atoms with Crippen molar-refractivity contribution < 1.29 is 14.5 Å². The predicted molar refractivity (Wildman–Crippen MR) is 118 cm³/mol. The Bertz CT molecular complexity index is 1040. The number of nitrogens with zero attached hydrogens (tertiary/aromatic N) is 3. The molecule has 1 saturated heterocycles. The topological polar surface area (TPSA) is 83.8 Å². The quantitative estimate of drug-likeness (QED) is 0.379. The van der Waals surface area contributed by atoms with E-state index in [1.165, 1.54) is 22.6 Å². The minimum Gasteiger partial charge on any atom is -0.366 e. The van der Waals surface area contributed by atoms with E-state index in [4.69, 9.17) is 0 Å². The van der Waals surface area contributed by atoms with Crippen LogP contribution >= 0.6 is 0 Å². The molecule has 1 fully saturated rings. The Hall–Kier alpha value is -3.48. The van der Waals surface area contributed by atoms with Gasteiger partial charge in [0, 0.05) is 25.2 Å². The molecular weight excluding hydrogens is 394 g/mol. The Morgan fingerprint density at radius 1 is 0.935 bits per heavy atom. The van der Waals surface area contributed by atoms with Crippen LogP contribution in [0, 0.1) is 10.1 Å². The van der Waals surface area contributed by atoms with Crippen LogP contribution in [0.25, 0.3) is 5.57 Å². The van der Waals surface area contributed by atoms with E-state index in [1.807, 2.05) is 29.2 Å². The second kappa shape index (κ2) is 8.71. The van der Waals surface area contributed by atoms with Crippen molar-refractivity contribution in [3.63, 3.8) is 0 Å². The van der Waals surface area contributed by atoms with Gasteiger partial charge in [0.2, 0.25) is 0 Å². The third-order valence-electron chi connectivity index (χ3n) is 5.86. The highest BCUT2D eigenvalue weighted by Gasteiger charge is 2.43. The molecular formula is C24H25N3O4. The standard InChI is InChI=1S/C24H25N3O4/c1-2-3-6-17-7-11-19(12-8-17)26-23(28)21(18-9-13-20(14-10-18)27(30)31)22(24(26)29)25-15-4-5-16-25/h7-14H,2-6,15-16H2,1H3. The van der Waals surface area contributed by atoms with Gasteiger partial charge in [0.25, 0.3) is 17.5 Å². The largest absolute Gasteiger partial charge is 0.366 e. The number of anilines is 1. The summed E-state index contributed by atoms with van der Waals surface area (Å²) < 4.78 is 0. The van der Waals surface area contributed by atoms with Crippen LogP contribution in [0.3, 0.4) is 0 Å². The number of non-ortho nitro benzene ring substituents is 1. The summed E-state index contributed by atoms with van der Waals surface area (Å²) in [4.78, 5) is 40.6. The summed E-state index contributed by atoms with van der Waals surface area (Å²) in [5, 5.41) is 11.0. The maximum Gasteiger partial charge on any atom is 0.282 e. The minimum atomic E-state index is -0.479. The van der Waals surface area contributed by atoms with Crippen LogP contribution in [0.1, 0.15) is 43.7 Å². The molecule has 2 amide bonds. The normalized spacial score (nSPS) is 16.5. The molecule has 2 aliphatic heterocycles. The second-order valence-electron chi connectivity index (χ2n) is 7.94. The average Bonchev–Trinajstić information content (AvgIpc) is 3.39. The first-order valence-corrected chi connectivity index (χ1v) is 10.7. The lowest BCUT2D eigenvalue weighted by molar-refractivity contribution is -0.384. The molecule has 7 heteroatoms. The van der Waals surface area contributed by atoms with Crippen molar-refractivity contribution in [3.8, 4) is 0 Å². The third-order valence-corrected chi connectivity index (χ3v) is 5.86. The number of hydrogen-bond acceptors (Lipinski definition) is 5. The fourth-order valence-electron chi connectivity index (χ4n) is 4.19. The zero-order chi connectivity index (χ0) is 22.0. The maximum absolute atomic E-state index is 13.4. The van der Waals surface area contributed by atoms with Gasteiger partial charge in [-0.05, 0) is 61.1 Å². The number of carbonyl (C=O) groups is 2. The van der Waals surface area contributed by atoms with Crippen molar-refractivity contribution in [2.75, 3.05) is 18.0 Å². The number of imide groups is 1. The van der Waals surface area contributed by atoms with Crippen LogP contribution in [0.4, 0.5) is 11.4 Å². The molecule has 2 aliphatic rings. The van der Waals surface area contributed by atoms with Crippen LogP contribution in [-0.4, -0.2) is 34.7 Å². The summed E-state index contributed by atoms with van der Waals surface area (Å²) in [6.45, 7) is 3.57. The third kappa shape index (κ3) is 3.95. The van der Waals surface area contributed by atoms with Crippen LogP contribution in [0.5, 0.6) is 0 Å². The van der Waals surface area contributed by atoms with E-state index in [0.29, 0.717) is 35.6 Å². The van der Waals surface area contributed by atoms with Gasteiger partial charge in [-0.25, -0.2) is 4.90 Å². The van der Waals surface area contributed by atoms with Gasteiger partial charge in [-0.15, -0.1) is 0 Å². The molecule has 0 atom stereocenters. The Labute approximate surface area is 181 Å². The van der Waals surface area contributed by atoms with E-state index in [1.54, 1.807) is 12.1 Å². The fourth-order valence-corrected chi connectivity index (χ4v) is 4.19. The number of likely N-dealkylation sites (tertiary alicyclic amines) is 1. The number of nitro benzene ring substituents is 1. The van der Waals surface area contributed by atoms with E-state index >= 15 is 0 Å². The zero-order valence-corrected chi connectivity index (χ0v) is 17.5. The van der Waals surface area contributed by atoms with Crippen LogP contribution < -0.4 is 4.90 Å². The van der Waals surface area contributed by atoms with Gasteiger partial charge < -0.3 is 4.90 Å². The summed E-state index contributed by atoms with van der Waals surface area (Å²) in [6, 6.07) is 13.4. The molecule has 31 heavy (non-hydrogen) atoms. The summed E-state index contributed by atoms with van der Waals surface area (Å²) in [6.07, 6.45) is 5.08. The summed E-state index contributed by atoms with van der Waals surface area (Å²) >= 11 is 0. The highest BCUT2D eigenvalue weighted by Crippen LogP contribution is 2.36. The molecule has 160 valence electrons. The van der Waals surface area contributed by atoms with Gasteiger partial charge in [-0.3, -0.25) is 19.7 Å². The monoisotopic (exact) mass is 419 g/mol. The van der Waals surface area contributed by atoms with Crippen molar-refractivity contribution in [3.05, 3.63) is 75.5 Å². The first kappa shape index (κ1) is 20.8. The number of hydrogen-bond donors (Lipinski definition) is 0. The number of rotatable bonds is 7. The lowest BCUT2D eigenvalue weighted by Crippen LogP contribution is -2.34. The molecule has 7 nitrogen and oxygen atoms in total. The molecule has 2 aromatic carbocycles. The smallest absolute Gasteiger partial charge is 0.282 e. The first-order chi connectivity index (χ1) is 15.0. The molecule has 2 aromatic rings. The zero-order valence-electron chi connectivity index (χ0n) is 17.5. The Kier molecular flexibility index (Phi) is 5.84. The molecule has 4 rings (SSSR count). The number of amides is 2. The lowest BCUT2D eigenvalue weighted by Gasteiger charge is -2.20. The molecule has 0 bridgehead atoms. The van der Waals surface area contributed by atoms with Gasteiger partial charge in [0.05, 0.1) is 16.2 Å². The van der Waals surface area contributed by atoms with Crippen LogP contribution in [0.2, 0.25) is 0 Å². The van der Waals surface area contributed by atoms with Crippen LogP contribution in [0.15, 0.2) is 54.2 Å². The summed E-state index contributed by atoms with van der Waals surface area (Å²) in [5.74, 6) is -0.719. The van der Waals surface area contributed by atoms with Crippen molar-refractivity contribution in [2.24, 2.45) is 0 Å². The van der Waals surface area contributed by atoms with E-state index in [9.17, 15) is 19.7 Å². The minimum absolute atomic E-state index is 0.0524. The van der Waals surface area contributed by atoms with E-state index in [2.05, 4.69) is 6.92 Å². The summed E-state index contributed by atoms with van der Waals surface area (Å²) in [5.41, 5.74) is 2.90. The molecule has 0 aliphatic carbocycles. The van der Waals surface area contributed by atoms with Crippen molar-refractivity contribution >= 4 is 28.8 Å². The van der Waals surface area contributed by atoms with E-state index in [-0.39, 0.29) is 17.5 Å².